The van der Waals surface area contributed by atoms with Gasteiger partial charge in [-0.05, 0) is 36.2 Å². The molecule has 8 heteroatoms. The van der Waals surface area contributed by atoms with Crippen molar-refractivity contribution < 1.29 is 17.9 Å². The van der Waals surface area contributed by atoms with E-state index < -0.39 is 10.0 Å². The van der Waals surface area contributed by atoms with Crippen LogP contribution in [0.1, 0.15) is 11.1 Å². The Bertz CT molecular complexity index is 1030. The molecular formula is C19H21N3O4S. The molecule has 3 rings (SSSR count). The van der Waals surface area contributed by atoms with Gasteiger partial charge >= 0.3 is 0 Å². The van der Waals surface area contributed by atoms with Crippen LogP contribution in [-0.4, -0.2) is 32.4 Å². The highest BCUT2D eigenvalue weighted by molar-refractivity contribution is 7.92. The summed E-state index contributed by atoms with van der Waals surface area (Å²) in [6.45, 7) is 2.17. The molecule has 1 heterocycles. The molecule has 0 bridgehead atoms. The number of aromatic nitrogens is 2. The van der Waals surface area contributed by atoms with E-state index in [1.54, 1.807) is 36.0 Å². The lowest BCUT2D eigenvalue weighted by Gasteiger charge is -2.16. The highest BCUT2D eigenvalue weighted by Crippen LogP contribution is 2.33. The summed E-state index contributed by atoms with van der Waals surface area (Å²) in [6.07, 6.45) is 3.50. The first-order chi connectivity index (χ1) is 12.9. The third kappa shape index (κ3) is 4.06. The van der Waals surface area contributed by atoms with Crippen molar-refractivity contribution >= 4 is 15.7 Å². The van der Waals surface area contributed by atoms with Crippen molar-refractivity contribution in [3.8, 4) is 11.5 Å². The molecule has 1 aromatic heterocycles. The molecule has 0 unspecified atom stereocenters. The van der Waals surface area contributed by atoms with E-state index in [2.05, 4.69) is 9.82 Å². The Kier molecular flexibility index (Phi) is 5.36. The maximum atomic E-state index is 13.0. The van der Waals surface area contributed by atoms with Gasteiger partial charge in [0.1, 0.15) is 0 Å². The summed E-state index contributed by atoms with van der Waals surface area (Å²) < 4.78 is 40.9. The molecule has 2 aromatic carbocycles. The molecule has 142 valence electrons. The van der Waals surface area contributed by atoms with Crippen molar-refractivity contribution in [3.05, 3.63) is 66.0 Å². The summed E-state index contributed by atoms with van der Waals surface area (Å²) in [5.74, 6) is 0.835. The average molecular weight is 387 g/mol. The second kappa shape index (κ2) is 7.71. The normalized spacial score (nSPS) is 11.2. The number of para-hydroxylation sites is 1. The largest absolute Gasteiger partial charge is 0.493 e. The van der Waals surface area contributed by atoms with E-state index in [9.17, 15) is 8.42 Å². The molecule has 0 fully saturated rings. The number of nitrogens with zero attached hydrogens (tertiary/aromatic N) is 2. The molecular weight excluding hydrogens is 366 g/mol. The number of hydrogen-bond donors (Lipinski definition) is 1. The summed E-state index contributed by atoms with van der Waals surface area (Å²) >= 11 is 0. The Labute approximate surface area is 158 Å². The highest BCUT2D eigenvalue weighted by atomic mass is 32.2. The molecule has 1 N–H and O–H groups in total. The predicted molar refractivity (Wildman–Crippen MR) is 103 cm³/mol. The minimum Gasteiger partial charge on any atom is -0.493 e. The van der Waals surface area contributed by atoms with Crippen LogP contribution in [0, 0.1) is 6.92 Å². The minimum absolute atomic E-state index is 0.133. The molecule has 0 saturated heterocycles. The van der Waals surface area contributed by atoms with E-state index in [1.807, 2.05) is 24.4 Å². The van der Waals surface area contributed by atoms with Gasteiger partial charge in [-0.25, -0.2) is 8.42 Å². The lowest BCUT2D eigenvalue weighted by Crippen LogP contribution is -2.16. The van der Waals surface area contributed by atoms with Gasteiger partial charge in [-0.1, -0.05) is 18.2 Å². The van der Waals surface area contributed by atoms with Gasteiger partial charge < -0.3 is 9.47 Å². The quantitative estimate of drug-likeness (QED) is 0.674. The number of ether oxygens (including phenoxy) is 2. The number of aryl methyl sites for hydroxylation is 1. The topological polar surface area (TPSA) is 82.5 Å². The van der Waals surface area contributed by atoms with Gasteiger partial charge in [0.15, 0.2) is 11.5 Å². The SMILES string of the molecule is COc1cc(C)c(S(=O)(=O)Nc2ccccc2Cn2cccn2)cc1OC. The number of nitrogens with one attached hydrogen (secondary N) is 1. The first-order valence-electron chi connectivity index (χ1n) is 8.25. The van der Waals surface area contributed by atoms with Gasteiger partial charge in [-0.15, -0.1) is 0 Å². The summed E-state index contributed by atoms with van der Waals surface area (Å²) in [5.41, 5.74) is 1.87. The second-order valence-corrected chi connectivity index (χ2v) is 7.59. The van der Waals surface area contributed by atoms with Gasteiger partial charge in [-0.2, -0.15) is 5.10 Å². The minimum atomic E-state index is -3.82. The molecule has 0 aliphatic heterocycles. The lowest BCUT2D eigenvalue weighted by molar-refractivity contribution is 0.353. The Morgan fingerprint density at radius 1 is 1.07 bits per heavy atom. The van der Waals surface area contributed by atoms with Crippen LogP contribution in [0.2, 0.25) is 0 Å². The van der Waals surface area contributed by atoms with Crippen molar-refractivity contribution in [2.75, 3.05) is 18.9 Å². The Morgan fingerprint density at radius 3 is 2.44 bits per heavy atom. The highest BCUT2D eigenvalue weighted by Gasteiger charge is 2.21. The van der Waals surface area contributed by atoms with Crippen molar-refractivity contribution in [1.82, 2.24) is 9.78 Å². The smallest absolute Gasteiger partial charge is 0.262 e. The summed E-state index contributed by atoms with van der Waals surface area (Å²) in [5, 5.41) is 4.17. The summed E-state index contributed by atoms with van der Waals surface area (Å²) in [4.78, 5) is 0.133. The Hall–Kier alpha value is -3.00. The second-order valence-electron chi connectivity index (χ2n) is 5.94. The third-order valence-corrected chi connectivity index (χ3v) is 5.63. The van der Waals surface area contributed by atoms with Crippen molar-refractivity contribution in [2.45, 2.75) is 18.4 Å². The molecule has 7 nitrogen and oxygen atoms in total. The molecule has 0 atom stereocenters. The van der Waals surface area contributed by atoms with E-state index in [1.165, 1.54) is 20.3 Å². The van der Waals surface area contributed by atoms with E-state index in [0.717, 1.165) is 5.56 Å². The summed E-state index contributed by atoms with van der Waals surface area (Å²) in [6, 6.07) is 12.2. The fourth-order valence-corrected chi connectivity index (χ4v) is 4.12. The van der Waals surface area contributed by atoms with Crippen LogP contribution in [0.4, 0.5) is 5.69 Å². The van der Waals surface area contributed by atoms with Crippen molar-refractivity contribution in [2.24, 2.45) is 0 Å². The zero-order valence-corrected chi connectivity index (χ0v) is 16.2. The average Bonchev–Trinajstić information content (AvgIpc) is 3.15. The van der Waals surface area contributed by atoms with Crippen LogP contribution >= 0.6 is 0 Å². The van der Waals surface area contributed by atoms with Gasteiger partial charge in [0.05, 0.1) is 31.3 Å². The fourth-order valence-electron chi connectivity index (χ4n) is 2.78. The number of hydrogen-bond acceptors (Lipinski definition) is 5. The number of benzene rings is 2. The lowest BCUT2D eigenvalue weighted by atomic mass is 10.2. The first-order valence-corrected chi connectivity index (χ1v) is 9.73. The molecule has 0 amide bonds. The van der Waals surface area contributed by atoms with Crippen LogP contribution in [0.25, 0.3) is 0 Å². The Balaban J connectivity index is 1.96. The van der Waals surface area contributed by atoms with Crippen LogP contribution in [0.5, 0.6) is 11.5 Å². The first kappa shape index (κ1) is 18.8. The predicted octanol–water partition coefficient (Wildman–Crippen LogP) is 3.06. The number of rotatable bonds is 7. The molecule has 3 aromatic rings. The van der Waals surface area contributed by atoms with Gasteiger partial charge in [-0.3, -0.25) is 9.40 Å². The van der Waals surface area contributed by atoms with E-state index >= 15 is 0 Å². The van der Waals surface area contributed by atoms with Crippen LogP contribution in [0.15, 0.2) is 59.8 Å². The molecule has 0 spiro atoms. The zero-order chi connectivity index (χ0) is 19.4. The van der Waals surface area contributed by atoms with Gasteiger partial charge in [0.2, 0.25) is 0 Å². The zero-order valence-electron chi connectivity index (χ0n) is 15.3. The van der Waals surface area contributed by atoms with E-state index in [0.29, 0.717) is 29.3 Å². The van der Waals surface area contributed by atoms with Crippen LogP contribution in [-0.2, 0) is 16.6 Å². The molecule has 0 radical (unpaired) electrons. The van der Waals surface area contributed by atoms with E-state index in [-0.39, 0.29) is 4.90 Å². The number of sulfonamides is 1. The van der Waals surface area contributed by atoms with Crippen molar-refractivity contribution in [3.63, 3.8) is 0 Å². The van der Waals surface area contributed by atoms with E-state index in [4.69, 9.17) is 9.47 Å². The van der Waals surface area contributed by atoms with Crippen LogP contribution in [0.3, 0.4) is 0 Å². The number of methoxy groups -OCH3 is 2. The van der Waals surface area contributed by atoms with Crippen LogP contribution < -0.4 is 14.2 Å². The fraction of sp³-hybridized carbons (Fsp3) is 0.211. The maximum absolute atomic E-state index is 13.0. The summed E-state index contributed by atoms with van der Waals surface area (Å²) in [7, 11) is -0.840. The van der Waals surface area contributed by atoms with Gasteiger partial charge in [0, 0.05) is 18.5 Å². The molecule has 27 heavy (non-hydrogen) atoms. The van der Waals surface area contributed by atoms with Gasteiger partial charge in [0.25, 0.3) is 10.0 Å². The Morgan fingerprint density at radius 2 is 1.78 bits per heavy atom. The third-order valence-electron chi connectivity index (χ3n) is 4.12. The standard InChI is InChI=1S/C19H21N3O4S/c1-14-11-17(25-2)18(26-3)12-19(14)27(23,24)21-16-8-5-4-7-15(16)13-22-10-6-9-20-22/h4-12,21H,13H2,1-3H3. The maximum Gasteiger partial charge on any atom is 0.262 e. The number of anilines is 1. The molecule has 0 aliphatic rings. The van der Waals surface area contributed by atoms with Crippen molar-refractivity contribution in [1.29, 1.82) is 0 Å². The molecule has 0 aliphatic carbocycles. The monoisotopic (exact) mass is 387 g/mol. The molecule has 0 saturated carbocycles.